The minimum atomic E-state index is -0.383. The van der Waals surface area contributed by atoms with Gasteiger partial charge in [-0.2, -0.15) is 5.26 Å². The second kappa shape index (κ2) is 3.84. The van der Waals surface area contributed by atoms with Gasteiger partial charge in [0.25, 0.3) is 0 Å². The molecule has 0 N–H and O–H groups in total. The number of hydrogen-bond acceptors (Lipinski definition) is 3. The zero-order chi connectivity index (χ0) is 10.9. The van der Waals surface area contributed by atoms with Crippen molar-refractivity contribution in [1.29, 1.82) is 5.26 Å². The lowest BCUT2D eigenvalue weighted by molar-refractivity contribution is -0.145. The van der Waals surface area contributed by atoms with Crippen LogP contribution in [0.3, 0.4) is 0 Å². The highest BCUT2D eigenvalue weighted by Crippen LogP contribution is 2.59. The number of fused-ring (bicyclic) bond motifs is 2. The van der Waals surface area contributed by atoms with Gasteiger partial charge < -0.3 is 4.74 Å². The average Bonchev–Trinajstić information content (AvgIpc) is 2.74. The Hall–Kier alpha value is -1.04. The third-order valence-corrected chi connectivity index (χ3v) is 4.13. The van der Waals surface area contributed by atoms with Crippen molar-refractivity contribution in [1.82, 2.24) is 0 Å². The van der Waals surface area contributed by atoms with E-state index in [0.29, 0.717) is 24.9 Å². The molecule has 0 spiro atoms. The van der Waals surface area contributed by atoms with Crippen molar-refractivity contribution in [2.75, 3.05) is 6.61 Å². The molecule has 3 nitrogen and oxygen atoms in total. The SMILES string of the molecule is CCOC(=O)CC1(C#N)C2CCC1CC2. The highest BCUT2D eigenvalue weighted by Gasteiger charge is 2.55. The van der Waals surface area contributed by atoms with Crippen LogP contribution in [0.1, 0.15) is 39.0 Å². The molecular weight excluding hydrogens is 190 g/mol. The van der Waals surface area contributed by atoms with E-state index in [2.05, 4.69) is 6.07 Å². The van der Waals surface area contributed by atoms with E-state index >= 15 is 0 Å². The Kier molecular flexibility index (Phi) is 2.68. The molecule has 15 heavy (non-hydrogen) atoms. The first-order valence-corrected chi connectivity index (χ1v) is 5.80. The van der Waals surface area contributed by atoms with E-state index in [1.165, 1.54) is 0 Å². The first-order chi connectivity index (χ1) is 7.23. The lowest BCUT2D eigenvalue weighted by Crippen LogP contribution is -2.28. The molecule has 2 aliphatic carbocycles. The molecule has 0 aromatic heterocycles. The van der Waals surface area contributed by atoms with Crippen LogP contribution in [0, 0.1) is 28.6 Å². The molecular formula is C12H17NO2. The summed E-state index contributed by atoms with van der Waals surface area (Å²) in [6, 6.07) is 2.43. The highest BCUT2D eigenvalue weighted by atomic mass is 16.5. The minimum Gasteiger partial charge on any atom is -0.466 e. The summed E-state index contributed by atoms with van der Waals surface area (Å²) in [4.78, 5) is 11.5. The fourth-order valence-corrected chi connectivity index (χ4v) is 3.42. The van der Waals surface area contributed by atoms with Crippen LogP contribution >= 0.6 is 0 Å². The summed E-state index contributed by atoms with van der Waals surface area (Å²) >= 11 is 0. The maximum Gasteiger partial charge on any atom is 0.307 e. The Morgan fingerprint density at radius 3 is 2.33 bits per heavy atom. The predicted molar refractivity (Wildman–Crippen MR) is 54.7 cm³/mol. The van der Waals surface area contributed by atoms with E-state index < -0.39 is 0 Å². The summed E-state index contributed by atoms with van der Waals surface area (Å²) in [6.07, 6.45) is 4.80. The Morgan fingerprint density at radius 2 is 1.93 bits per heavy atom. The standard InChI is InChI=1S/C12H17NO2/c1-2-15-11(14)7-12(8-13)9-3-4-10(12)6-5-9/h9-10H,2-7H2,1H3. The number of carbonyl (C=O) groups excluding carboxylic acids is 1. The maximum absolute atomic E-state index is 11.5. The number of esters is 1. The lowest BCUT2D eigenvalue weighted by Gasteiger charge is -2.25. The summed E-state index contributed by atoms with van der Waals surface area (Å²) in [5.74, 6) is 0.687. The van der Waals surface area contributed by atoms with Crippen LogP contribution in [0.5, 0.6) is 0 Å². The van der Waals surface area contributed by atoms with Gasteiger partial charge in [0.05, 0.1) is 24.5 Å². The molecule has 0 radical (unpaired) electrons. The van der Waals surface area contributed by atoms with Crippen molar-refractivity contribution in [2.24, 2.45) is 17.3 Å². The monoisotopic (exact) mass is 207 g/mol. The van der Waals surface area contributed by atoms with Gasteiger partial charge in [-0.15, -0.1) is 0 Å². The number of hydrogen-bond donors (Lipinski definition) is 0. The maximum atomic E-state index is 11.5. The van der Waals surface area contributed by atoms with Crippen molar-refractivity contribution in [2.45, 2.75) is 39.0 Å². The molecule has 0 unspecified atom stereocenters. The van der Waals surface area contributed by atoms with Gasteiger partial charge in [-0.3, -0.25) is 4.79 Å². The molecule has 3 heteroatoms. The van der Waals surface area contributed by atoms with Crippen LogP contribution in [-0.4, -0.2) is 12.6 Å². The summed E-state index contributed by atoms with van der Waals surface area (Å²) in [7, 11) is 0. The van der Waals surface area contributed by atoms with E-state index in [-0.39, 0.29) is 11.4 Å². The third kappa shape index (κ3) is 1.52. The van der Waals surface area contributed by atoms with Gasteiger partial charge in [-0.05, 0) is 44.4 Å². The van der Waals surface area contributed by atoms with E-state index in [4.69, 9.17) is 4.74 Å². The molecule has 82 valence electrons. The van der Waals surface area contributed by atoms with Crippen molar-refractivity contribution < 1.29 is 9.53 Å². The van der Waals surface area contributed by atoms with E-state index in [1.54, 1.807) is 6.92 Å². The summed E-state index contributed by atoms with van der Waals surface area (Å²) in [5, 5.41) is 9.36. The molecule has 0 amide bonds. The molecule has 0 saturated heterocycles. The Balaban J connectivity index is 2.10. The smallest absolute Gasteiger partial charge is 0.307 e. The number of rotatable bonds is 3. The topological polar surface area (TPSA) is 50.1 Å². The van der Waals surface area contributed by atoms with Crippen LogP contribution in [0.4, 0.5) is 0 Å². The largest absolute Gasteiger partial charge is 0.466 e. The fraction of sp³-hybridized carbons (Fsp3) is 0.833. The summed E-state index contributed by atoms with van der Waals surface area (Å²) in [6.45, 7) is 2.22. The Bertz CT molecular complexity index is 285. The van der Waals surface area contributed by atoms with Crippen molar-refractivity contribution in [3.05, 3.63) is 0 Å². The Morgan fingerprint density at radius 1 is 1.40 bits per heavy atom. The number of nitrogens with zero attached hydrogens (tertiary/aromatic N) is 1. The Labute approximate surface area is 90.4 Å². The van der Waals surface area contributed by atoms with Gasteiger partial charge in [0.15, 0.2) is 0 Å². The highest BCUT2D eigenvalue weighted by molar-refractivity contribution is 5.71. The molecule has 2 bridgehead atoms. The van der Waals surface area contributed by atoms with E-state index in [0.717, 1.165) is 25.7 Å². The lowest BCUT2D eigenvalue weighted by atomic mass is 9.76. The normalized spacial score (nSPS) is 37.6. The molecule has 0 aromatic rings. The quantitative estimate of drug-likeness (QED) is 0.667. The van der Waals surface area contributed by atoms with Gasteiger partial charge in [0.2, 0.25) is 0 Å². The van der Waals surface area contributed by atoms with Gasteiger partial charge in [-0.1, -0.05) is 0 Å². The van der Waals surface area contributed by atoms with Crippen molar-refractivity contribution >= 4 is 5.97 Å². The van der Waals surface area contributed by atoms with Crippen LogP contribution < -0.4 is 0 Å². The fourth-order valence-electron chi connectivity index (χ4n) is 3.42. The zero-order valence-corrected chi connectivity index (χ0v) is 9.16. The molecule has 0 aromatic carbocycles. The van der Waals surface area contributed by atoms with Crippen LogP contribution in [0.2, 0.25) is 0 Å². The van der Waals surface area contributed by atoms with Gasteiger partial charge in [0, 0.05) is 0 Å². The number of nitriles is 1. The number of ether oxygens (including phenoxy) is 1. The minimum absolute atomic E-state index is 0.196. The average molecular weight is 207 g/mol. The first-order valence-electron chi connectivity index (χ1n) is 5.80. The van der Waals surface area contributed by atoms with Crippen LogP contribution in [0.25, 0.3) is 0 Å². The van der Waals surface area contributed by atoms with Crippen molar-refractivity contribution in [3.63, 3.8) is 0 Å². The molecule has 2 rings (SSSR count). The van der Waals surface area contributed by atoms with Crippen LogP contribution in [0.15, 0.2) is 0 Å². The van der Waals surface area contributed by atoms with Gasteiger partial charge in [-0.25, -0.2) is 0 Å². The molecule has 2 aliphatic rings. The van der Waals surface area contributed by atoms with E-state index in [1.807, 2.05) is 0 Å². The summed E-state index contributed by atoms with van der Waals surface area (Å²) < 4.78 is 4.97. The third-order valence-electron chi connectivity index (χ3n) is 4.13. The number of carbonyl (C=O) groups is 1. The molecule has 2 saturated carbocycles. The second-order valence-electron chi connectivity index (χ2n) is 4.68. The summed E-state index contributed by atoms with van der Waals surface area (Å²) in [5.41, 5.74) is -0.383. The van der Waals surface area contributed by atoms with Gasteiger partial charge in [0.1, 0.15) is 0 Å². The molecule has 0 aliphatic heterocycles. The molecule has 2 fully saturated rings. The van der Waals surface area contributed by atoms with Gasteiger partial charge >= 0.3 is 5.97 Å². The van der Waals surface area contributed by atoms with Crippen LogP contribution in [-0.2, 0) is 9.53 Å². The molecule has 0 heterocycles. The predicted octanol–water partition coefficient (Wildman–Crippen LogP) is 2.27. The van der Waals surface area contributed by atoms with Crippen molar-refractivity contribution in [3.8, 4) is 6.07 Å². The van der Waals surface area contributed by atoms with E-state index in [9.17, 15) is 10.1 Å². The molecule has 0 atom stereocenters. The first kappa shape index (κ1) is 10.5. The zero-order valence-electron chi connectivity index (χ0n) is 9.16. The second-order valence-corrected chi connectivity index (χ2v) is 4.68.